The summed E-state index contributed by atoms with van der Waals surface area (Å²) in [6, 6.07) is 0. The Kier molecular flexibility index (Phi) is 5.85. The molecule has 1 aromatic rings. The fourth-order valence-corrected chi connectivity index (χ4v) is 1.28. The third-order valence-corrected chi connectivity index (χ3v) is 2.02. The molecule has 0 spiro atoms. The summed E-state index contributed by atoms with van der Waals surface area (Å²) in [6.07, 6.45) is -1.19. The van der Waals surface area contributed by atoms with Gasteiger partial charge < -0.3 is 14.8 Å². The standard InChI is InChI=1S/C9H12ClF2N3O2/c1-16-7-8(10)14-5-15-9(7)13-2-3-17-4-6(11)12/h5-6H,2-4H2,1H3,(H,13,14,15). The van der Waals surface area contributed by atoms with Crippen molar-refractivity contribution < 1.29 is 18.3 Å². The minimum Gasteiger partial charge on any atom is -0.490 e. The Bertz CT molecular complexity index is 355. The number of methoxy groups -OCH3 is 1. The predicted molar refractivity (Wildman–Crippen MR) is 58.9 cm³/mol. The van der Waals surface area contributed by atoms with Crippen LogP contribution in [-0.2, 0) is 4.74 Å². The fraction of sp³-hybridized carbons (Fsp3) is 0.556. The second kappa shape index (κ2) is 7.18. The summed E-state index contributed by atoms with van der Waals surface area (Å²) >= 11 is 5.76. The molecule has 0 aliphatic heterocycles. The van der Waals surface area contributed by atoms with E-state index in [1.807, 2.05) is 0 Å². The fourth-order valence-electron chi connectivity index (χ4n) is 1.07. The average Bonchev–Trinajstić information content (AvgIpc) is 2.28. The van der Waals surface area contributed by atoms with Gasteiger partial charge in [0.25, 0.3) is 6.43 Å². The van der Waals surface area contributed by atoms with E-state index in [-0.39, 0.29) is 11.8 Å². The Labute approximate surface area is 102 Å². The number of nitrogens with one attached hydrogen (secondary N) is 1. The average molecular weight is 268 g/mol. The van der Waals surface area contributed by atoms with Crippen LogP contribution in [0.3, 0.4) is 0 Å². The maximum absolute atomic E-state index is 11.8. The van der Waals surface area contributed by atoms with Gasteiger partial charge in [-0.05, 0) is 0 Å². The summed E-state index contributed by atoms with van der Waals surface area (Å²) in [5.74, 6) is 0.705. The molecule has 0 unspecified atom stereocenters. The van der Waals surface area contributed by atoms with E-state index in [0.717, 1.165) is 0 Å². The maximum atomic E-state index is 11.8. The minimum absolute atomic E-state index is 0.134. The van der Waals surface area contributed by atoms with Crippen LogP contribution in [0.4, 0.5) is 14.6 Å². The van der Waals surface area contributed by atoms with Crippen molar-refractivity contribution in [2.24, 2.45) is 0 Å². The Morgan fingerprint density at radius 3 is 2.88 bits per heavy atom. The van der Waals surface area contributed by atoms with E-state index >= 15 is 0 Å². The molecule has 0 aliphatic rings. The zero-order valence-corrected chi connectivity index (χ0v) is 9.88. The van der Waals surface area contributed by atoms with Crippen molar-refractivity contribution in [1.29, 1.82) is 0 Å². The van der Waals surface area contributed by atoms with Crippen LogP contribution in [0.5, 0.6) is 5.75 Å². The number of hydrogen-bond acceptors (Lipinski definition) is 5. The lowest BCUT2D eigenvalue weighted by molar-refractivity contribution is 0.0214. The second-order valence-electron chi connectivity index (χ2n) is 2.94. The SMILES string of the molecule is COc1c(Cl)ncnc1NCCOCC(F)F. The van der Waals surface area contributed by atoms with E-state index in [2.05, 4.69) is 15.3 Å². The van der Waals surface area contributed by atoms with Crippen LogP contribution >= 0.6 is 11.6 Å². The van der Waals surface area contributed by atoms with E-state index in [9.17, 15) is 8.78 Å². The summed E-state index contributed by atoms with van der Waals surface area (Å²) in [5.41, 5.74) is 0. The van der Waals surface area contributed by atoms with Gasteiger partial charge in [0, 0.05) is 6.54 Å². The topological polar surface area (TPSA) is 56.3 Å². The highest BCUT2D eigenvalue weighted by atomic mass is 35.5. The molecule has 0 bridgehead atoms. The first-order chi connectivity index (χ1) is 8.15. The smallest absolute Gasteiger partial charge is 0.261 e. The molecule has 0 fully saturated rings. The summed E-state index contributed by atoms with van der Waals surface area (Å²) in [6.45, 7) is -0.130. The molecule has 0 aliphatic carbocycles. The summed E-state index contributed by atoms with van der Waals surface area (Å²) in [5, 5.41) is 3.03. The van der Waals surface area contributed by atoms with Crippen molar-refractivity contribution in [2.45, 2.75) is 6.43 Å². The first-order valence-electron chi connectivity index (χ1n) is 4.79. The van der Waals surface area contributed by atoms with Gasteiger partial charge in [0.2, 0.25) is 0 Å². The van der Waals surface area contributed by atoms with Gasteiger partial charge >= 0.3 is 0 Å². The largest absolute Gasteiger partial charge is 0.490 e. The molecule has 0 saturated carbocycles. The lowest BCUT2D eigenvalue weighted by Gasteiger charge is -2.10. The van der Waals surface area contributed by atoms with Gasteiger partial charge in [-0.25, -0.2) is 18.7 Å². The third-order valence-electron chi connectivity index (χ3n) is 1.75. The Hall–Kier alpha value is -1.21. The third kappa shape index (κ3) is 4.66. The van der Waals surface area contributed by atoms with Crippen LogP contribution in [-0.4, -0.2) is 43.3 Å². The van der Waals surface area contributed by atoms with Crippen LogP contribution in [0.1, 0.15) is 0 Å². The molecule has 96 valence electrons. The molecular weight excluding hydrogens is 256 g/mol. The molecule has 0 saturated heterocycles. The number of ether oxygens (including phenoxy) is 2. The molecule has 0 atom stereocenters. The number of aromatic nitrogens is 2. The predicted octanol–water partition coefficient (Wildman–Crippen LogP) is 1.83. The van der Waals surface area contributed by atoms with Gasteiger partial charge in [-0.3, -0.25) is 0 Å². The highest BCUT2D eigenvalue weighted by molar-refractivity contribution is 6.31. The van der Waals surface area contributed by atoms with Crippen molar-refractivity contribution in [3.8, 4) is 5.75 Å². The number of hydrogen-bond donors (Lipinski definition) is 1. The molecule has 1 rings (SSSR count). The summed E-state index contributed by atoms with van der Waals surface area (Å²) < 4.78 is 33.2. The number of anilines is 1. The van der Waals surface area contributed by atoms with Crippen LogP contribution in [0.2, 0.25) is 5.15 Å². The Morgan fingerprint density at radius 2 is 2.24 bits per heavy atom. The van der Waals surface area contributed by atoms with Crippen LogP contribution in [0.25, 0.3) is 0 Å². The van der Waals surface area contributed by atoms with Crippen molar-refractivity contribution in [1.82, 2.24) is 9.97 Å². The van der Waals surface area contributed by atoms with Gasteiger partial charge in [0.1, 0.15) is 12.9 Å². The Balaban J connectivity index is 2.39. The summed E-state index contributed by atoms with van der Waals surface area (Å²) in [4.78, 5) is 7.64. The number of alkyl halides is 2. The van der Waals surface area contributed by atoms with Crippen molar-refractivity contribution in [2.75, 3.05) is 32.2 Å². The second-order valence-corrected chi connectivity index (χ2v) is 3.30. The van der Waals surface area contributed by atoms with Gasteiger partial charge in [0.05, 0.1) is 13.7 Å². The normalized spacial score (nSPS) is 10.6. The van der Waals surface area contributed by atoms with E-state index in [1.54, 1.807) is 0 Å². The van der Waals surface area contributed by atoms with Crippen molar-refractivity contribution in [3.63, 3.8) is 0 Å². The molecule has 1 N–H and O–H groups in total. The molecule has 17 heavy (non-hydrogen) atoms. The summed E-state index contributed by atoms with van der Waals surface area (Å²) in [7, 11) is 1.43. The minimum atomic E-state index is -2.46. The molecule has 0 amide bonds. The molecule has 5 nitrogen and oxygen atoms in total. The first-order valence-corrected chi connectivity index (χ1v) is 5.17. The van der Waals surface area contributed by atoms with Crippen molar-refractivity contribution in [3.05, 3.63) is 11.5 Å². The molecule has 1 aromatic heterocycles. The van der Waals surface area contributed by atoms with E-state index in [4.69, 9.17) is 21.1 Å². The number of halogens is 3. The number of rotatable bonds is 7. The van der Waals surface area contributed by atoms with E-state index in [0.29, 0.717) is 18.1 Å². The van der Waals surface area contributed by atoms with Crippen molar-refractivity contribution >= 4 is 17.4 Å². The molecule has 8 heteroatoms. The lowest BCUT2D eigenvalue weighted by atomic mass is 10.5. The first kappa shape index (κ1) is 13.9. The van der Waals surface area contributed by atoms with E-state index < -0.39 is 13.0 Å². The van der Waals surface area contributed by atoms with Gasteiger partial charge in [-0.1, -0.05) is 11.6 Å². The van der Waals surface area contributed by atoms with Gasteiger partial charge in [-0.2, -0.15) is 0 Å². The molecule has 0 radical (unpaired) electrons. The van der Waals surface area contributed by atoms with Crippen LogP contribution in [0, 0.1) is 0 Å². The Morgan fingerprint density at radius 1 is 1.47 bits per heavy atom. The highest BCUT2D eigenvalue weighted by Crippen LogP contribution is 2.27. The van der Waals surface area contributed by atoms with Gasteiger partial charge in [-0.15, -0.1) is 0 Å². The van der Waals surface area contributed by atoms with E-state index in [1.165, 1.54) is 13.4 Å². The monoisotopic (exact) mass is 267 g/mol. The zero-order chi connectivity index (χ0) is 12.7. The molecular formula is C9H12ClF2N3O2. The maximum Gasteiger partial charge on any atom is 0.261 e. The van der Waals surface area contributed by atoms with Crippen LogP contribution in [0.15, 0.2) is 6.33 Å². The zero-order valence-electron chi connectivity index (χ0n) is 9.12. The van der Waals surface area contributed by atoms with Crippen LogP contribution < -0.4 is 10.1 Å². The quantitative estimate of drug-likeness (QED) is 0.603. The lowest BCUT2D eigenvalue weighted by Crippen LogP contribution is -2.14. The number of nitrogens with zero attached hydrogens (tertiary/aromatic N) is 2. The molecule has 1 heterocycles. The molecule has 0 aromatic carbocycles. The highest BCUT2D eigenvalue weighted by Gasteiger charge is 2.09. The van der Waals surface area contributed by atoms with Gasteiger partial charge in [0.15, 0.2) is 16.7 Å².